The van der Waals surface area contributed by atoms with Gasteiger partial charge >= 0.3 is 0 Å². The van der Waals surface area contributed by atoms with E-state index < -0.39 is 58.0 Å². The van der Waals surface area contributed by atoms with Crippen LogP contribution in [0.4, 0.5) is 5.69 Å². The maximum absolute atomic E-state index is 14.0. The maximum atomic E-state index is 14.0. The van der Waals surface area contributed by atoms with Crippen molar-refractivity contribution in [2.45, 2.75) is 43.5 Å². The van der Waals surface area contributed by atoms with E-state index in [1.165, 1.54) is 4.90 Å². The molecule has 6 N–H and O–H groups in total. The highest BCUT2D eigenvalue weighted by Crippen LogP contribution is 2.53. The number of benzene rings is 1. The Morgan fingerprint density at radius 3 is 2.39 bits per heavy atom. The molecule has 1 saturated heterocycles. The number of ether oxygens (including phenoxy) is 1. The summed E-state index contributed by atoms with van der Waals surface area (Å²) in [5, 5.41) is 45.3. The molecule has 0 bridgehead atoms. The summed E-state index contributed by atoms with van der Waals surface area (Å²) in [6.07, 6.45) is 1.18. The van der Waals surface area contributed by atoms with Crippen LogP contribution in [0.2, 0.25) is 0 Å². The Bertz CT molecular complexity index is 1390. The minimum atomic E-state index is -2.66. The molecule has 222 valence electrons. The number of hydrogen-bond donors (Lipinski definition) is 5. The Morgan fingerprint density at radius 2 is 1.83 bits per heavy atom. The lowest BCUT2D eigenvalue weighted by Gasteiger charge is -2.50. The molecule has 0 spiro atoms. The van der Waals surface area contributed by atoms with Gasteiger partial charge in [-0.05, 0) is 63.5 Å². The number of carbonyl (C=O) groups is 3. The van der Waals surface area contributed by atoms with Gasteiger partial charge in [0.1, 0.15) is 22.8 Å². The number of aromatic hydroxyl groups is 1. The molecule has 1 aromatic rings. The summed E-state index contributed by atoms with van der Waals surface area (Å²) in [7, 11) is 8.92. The molecule has 1 fully saturated rings. The van der Waals surface area contributed by atoms with E-state index in [1.807, 2.05) is 26.0 Å². The highest BCUT2D eigenvalue weighted by molar-refractivity contribution is 6.24. The maximum Gasteiger partial charge on any atom is 0.255 e. The topological polar surface area (TPSA) is 177 Å². The summed E-state index contributed by atoms with van der Waals surface area (Å²) < 4.78 is 5.53. The molecule has 5 rings (SSSR count). The van der Waals surface area contributed by atoms with Gasteiger partial charge in [-0.2, -0.15) is 0 Å². The van der Waals surface area contributed by atoms with Crippen LogP contribution in [-0.2, 0) is 27.3 Å². The van der Waals surface area contributed by atoms with Crippen molar-refractivity contribution >= 4 is 23.2 Å². The largest absolute Gasteiger partial charge is 0.510 e. The van der Waals surface area contributed by atoms with E-state index in [9.17, 15) is 34.8 Å². The first-order valence-electron chi connectivity index (χ1n) is 13.7. The molecule has 12 heteroatoms. The van der Waals surface area contributed by atoms with Crippen molar-refractivity contribution in [2.75, 3.05) is 53.4 Å². The van der Waals surface area contributed by atoms with Gasteiger partial charge in [0.2, 0.25) is 5.78 Å². The Morgan fingerprint density at radius 1 is 1.15 bits per heavy atom. The third kappa shape index (κ3) is 4.23. The molecule has 1 aromatic carbocycles. The molecular formula is C29H38N4O8. The van der Waals surface area contributed by atoms with Crippen LogP contribution in [0.15, 0.2) is 28.7 Å². The average Bonchev–Trinajstić information content (AvgIpc) is 3.41. The number of phenolic OH excluding ortho intramolecular Hbond substituents is 1. The number of allylic oxidation sites excluding steroid dienone is 1. The number of phenols is 1. The number of rotatable bonds is 6. The van der Waals surface area contributed by atoms with Crippen LogP contribution in [0.1, 0.15) is 34.3 Å². The van der Waals surface area contributed by atoms with Gasteiger partial charge in [0.25, 0.3) is 5.91 Å². The molecular weight excluding hydrogens is 532 g/mol. The summed E-state index contributed by atoms with van der Waals surface area (Å²) in [5.74, 6) is -6.61. The molecule has 0 unspecified atom stereocenters. The number of Topliss-reactive ketones (excluding diaryl/α,β-unsaturated/α-hetero) is 2. The summed E-state index contributed by atoms with van der Waals surface area (Å²) in [6.45, 7) is 1.81. The molecule has 41 heavy (non-hydrogen) atoms. The predicted molar refractivity (Wildman–Crippen MR) is 149 cm³/mol. The van der Waals surface area contributed by atoms with Crippen LogP contribution in [-0.4, -0.2) is 114 Å². The molecule has 0 aromatic heterocycles. The molecule has 1 aliphatic heterocycles. The molecule has 1 heterocycles. The number of anilines is 1. The second-order valence-electron chi connectivity index (χ2n) is 12.0. The number of ketones is 2. The van der Waals surface area contributed by atoms with Crippen LogP contribution in [0.25, 0.3) is 0 Å². The number of nitrogens with two attached hydrogens (primary N) is 1. The monoisotopic (exact) mass is 570 g/mol. The minimum Gasteiger partial charge on any atom is -0.510 e. The number of aliphatic hydroxyl groups excluding tert-OH is 2. The zero-order chi connectivity index (χ0) is 30.1. The third-order valence-electron chi connectivity index (χ3n) is 9.17. The van der Waals surface area contributed by atoms with Gasteiger partial charge < -0.3 is 35.8 Å². The summed E-state index contributed by atoms with van der Waals surface area (Å²) in [6, 6.07) is 0.747. The Balaban J connectivity index is 1.65. The molecule has 0 saturated carbocycles. The number of fused-ring (bicyclic) bond motifs is 3. The minimum absolute atomic E-state index is 0.00471. The van der Waals surface area contributed by atoms with Crippen LogP contribution in [0, 0.1) is 11.8 Å². The van der Waals surface area contributed by atoms with Crippen molar-refractivity contribution < 1.29 is 39.5 Å². The van der Waals surface area contributed by atoms with E-state index in [-0.39, 0.29) is 35.8 Å². The predicted octanol–water partition coefficient (Wildman–Crippen LogP) is 0.407. The number of primary amides is 1. The smallest absolute Gasteiger partial charge is 0.255 e. The Hall–Kier alpha value is -3.45. The van der Waals surface area contributed by atoms with Crippen LogP contribution >= 0.6 is 0 Å². The third-order valence-corrected chi connectivity index (χ3v) is 9.17. The summed E-state index contributed by atoms with van der Waals surface area (Å²) >= 11 is 0. The van der Waals surface area contributed by atoms with Gasteiger partial charge in [0.05, 0.1) is 18.2 Å². The standard InChI is InChI=1S/C29H38N4O8/c1-31(2)22-14(11-33(5)15-6-7-41-12-15)10-18(34)20-16(22)8-13-9-17-23(32(3)4)25(36)21(28(30)39)27(38)29(17,40)26(37)19(13)24(20)35/h10,13,15,17,23,34,36-37,40H,6-9,11-12H2,1-5H3,(H2,30,39)/t13-,15+,17-,23-,29-/m0/s1. The van der Waals surface area contributed by atoms with Gasteiger partial charge in [-0.3, -0.25) is 24.2 Å². The molecule has 12 nitrogen and oxygen atoms in total. The van der Waals surface area contributed by atoms with Gasteiger partial charge in [0, 0.05) is 50.5 Å². The van der Waals surface area contributed by atoms with E-state index in [2.05, 4.69) is 4.90 Å². The van der Waals surface area contributed by atoms with E-state index >= 15 is 0 Å². The van der Waals surface area contributed by atoms with E-state index in [4.69, 9.17) is 10.5 Å². The average molecular weight is 571 g/mol. The zero-order valence-electron chi connectivity index (χ0n) is 24.0. The number of carbonyl (C=O) groups excluding carboxylic acids is 3. The number of amides is 1. The van der Waals surface area contributed by atoms with Crippen molar-refractivity contribution in [1.29, 1.82) is 0 Å². The molecule has 0 radical (unpaired) electrons. The summed E-state index contributed by atoms with van der Waals surface area (Å²) in [4.78, 5) is 45.2. The molecule has 5 atom stereocenters. The number of likely N-dealkylation sites (N-methyl/N-ethyl adjacent to an activating group) is 2. The first-order chi connectivity index (χ1) is 19.2. The van der Waals surface area contributed by atoms with Crippen molar-refractivity contribution in [3.05, 3.63) is 45.4 Å². The second-order valence-corrected chi connectivity index (χ2v) is 12.0. The van der Waals surface area contributed by atoms with Crippen LogP contribution in [0.5, 0.6) is 5.75 Å². The highest BCUT2D eigenvalue weighted by atomic mass is 16.5. The number of nitrogens with zero attached hydrogens (tertiary/aromatic N) is 3. The lowest BCUT2D eigenvalue weighted by atomic mass is 9.58. The van der Waals surface area contributed by atoms with Crippen molar-refractivity contribution in [3.8, 4) is 5.75 Å². The molecule has 3 aliphatic carbocycles. The van der Waals surface area contributed by atoms with E-state index in [0.29, 0.717) is 25.3 Å². The lowest BCUT2D eigenvalue weighted by Crippen LogP contribution is -2.63. The van der Waals surface area contributed by atoms with Gasteiger partial charge in [-0.15, -0.1) is 0 Å². The van der Waals surface area contributed by atoms with Gasteiger partial charge in [0.15, 0.2) is 11.4 Å². The normalized spacial score (nSPS) is 29.7. The van der Waals surface area contributed by atoms with Crippen molar-refractivity contribution in [3.63, 3.8) is 0 Å². The first kappa shape index (κ1) is 29.1. The molecule has 1 amide bonds. The van der Waals surface area contributed by atoms with E-state index in [1.54, 1.807) is 20.2 Å². The summed E-state index contributed by atoms with van der Waals surface area (Å²) in [5.41, 5.74) is 3.96. The quantitative estimate of drug-likeness (QED) is 0.299. The van der Waals surface area contributed by atoms with Crippen LogP contribution < -0.4 is 10.6 Å². The SMILES string of the molecule is CN(C)c1c(CN(C)[C@@H]2CCOC2)cc(O)c2c1C[C@H]1C[C@H]3[C@H](N(C)C)C(O)=C(C(N)=O)C(=O)[C@@]3(O)C(O)=C1C2=O. The highest BCUT2D eigenvalue weighted by Gasteiger charge is 2.63. The van der Waals surface area contributed by atoms with Gasteiger partial charge in [-0.25, -0.2) is 0 Å². The number of aliphatic hydroxyl groups is 3. The van der Waals surface area contributed by atoms with Crippen LogP contribution in [0.3, 0.4) is 0 Å². The molecule has 4 aliphatic rings. The number of hydrogen-bond acceptors (Lipinski definition) is 11. The first-order valence-corrected chi connectivity index (χ1v) is 13.7. The lowest BCUT2D eigenvalue weighted by molar-refractivity contribution is -0.148. The van der Waals surface area contributed by atoms with Crippen molar-refractivity contribution in [2.24, 2.45) is 17.6 Å². The fourth-order valence-electron chi connectivity index (χ4n) is 7.32. The zero-order valence-corrected chi connectivity index (χ0v) is 24.0. The Labute approximate surface area is 238 Å². The van der Waals surface area contributed by atoms with E-state index in [0.717, 1.165) is 17.7 Å². The second kappa shape index (κ2) is 10.1. The van der Waals surface area contributed by atoms with Gasteiger partial charge in [-0.1, -0.05) is 0 Å². The Kier molecular flexibility index (Phi) is 7.17. The fraction of sp³-hybridized carbons (Fsp3) is 0.552. The fourth-order valence-corrected chi connectivity index (χ4v) is 7.32. The van der Waals surface area contributed by atoms with Crippen molar-refractivity contribution in [1.82, 2.24) is 9.80 Å².